The van der Waals surface area contributed by atoms with Crippen molar-refractivity contribution in [3.63, 3.8) is 0 Å². The van der Waals surface area contributed by atoms with Crippen molar-refractivity contribution in [2.45, 2.75) is 36.1 Å². The third-order valence-electron chi connectivity index (χ3n) is 5.14. The molecule has 0 spiro atoms. The Kier molecular flexibility index (Phi) is 5.01. The summed E-state index contributed by atoms with van der Waals surface area (Å²) in [4.78, 5) is 40.0. The van der Waals surface area contributed by atoms with E-state index in [0.717, 1.165) is 16.2 Å². The van der Waals surface area contributed by atoms with Gasteiger partial charge in [-0.1, -0.05) is 18.2 Å². The average molecular weight is 434 g/mol. The van der Waals surface area contributed by atoms with E-state index in [1.807, 2.05) is 0 Å². The number of carbonyl (C=O) groups excluding carboxylic acids is 3. The van der Waals surface area contributed by atoms with Crippen LogP contribution in [0.4, 0.5) is 10.5 Å². The summed E-state index contributed by atoms with van der Waals surface area (Å²) < 4.78 is 27.8. The van der Waals surface area contributed by atoms with E-state index < -0.39 is 34.0 Å². The lowest BCUT2D eigenvalue weighted by Gasteiger charge is -2.32. The molecule has 0 bridgehead atoms. The minimum absolute atomic E-state index is 0.160. The highest BCUT2D eigenvalue weighted by Gasteiger charge is 2.49. The number of urea groups is 1. The van der Waals surface area contributed by atoms with Gasteiger partial charge in [-0.15, -0.1) is 11.3 Å². The van der Waals surface area contributed by atoms with Crippen molar-refractivity contribution < 1.29 is 22.8 Å². The second kappa shape index (κ2) is 7.36. The van der Waals surface area contributed by atoms with Crippen molar-refractivity contribution in [1.29, 1.82) is 0 Å². The smallest absolute Gasteiger partial charge is 0.312 e. The molecule has 2 aliphatic rings. The van der Waals surface area contributed by atoms with E-state index in [-0.39, 0.29) is 23.0 Å². The fourth-order valence-electron chi connectivity index (χ4n) is 3.70. The highest BCUT2D eigenvalue weighted by Crippen LogP contribution is 2.32. The van der Waals surface area contributed by atoms with Crippen molar-refractivity contribution in [3.05, 3.63) is 47.3 Å². The van der Waals surface area contributed by atoms with Crippen LogP contribution in [0.3, 0.4) is 0 Å². The maximum absolute atomic E-state index is 13.0. The van der Waals surface area contributed by atoms with Crippen LogP contribution in [0, 0.1) is 0 Å². The summed E-state index contributed by atoms with van der Waals surface area (Å²) in [5.41, 5.74) is 0.757. The molecule has 2 fully saturated rings. The van der Waals surface area contributed by atoms with Gasteiger partial charge in [-0.2, -0.15) is 0 Å². The Bertz CT molecular complexity index is 1080. The van der Waals surface area contributed by atoms with E-state index in [1.54, 1.807) is 29.6 Å². The van der Waals surface area contributed by atoms with Gasteiger partial charge >= 0.3 is 6.03 Å². The third-order valence-corrected chi connectivity index (χ3v) is 8.06. The van der Waals surface area contributed by atoms with E-state index in [9.17, 15) is 22.8 Å². The number of rotatable bonds is 5. The van der Waals surface area contributed by atoms with Gasteiger partial charge in [-0.3, -0.25) is 9.59 Å². The maximum Gasteiger partial charge on any atom is 0.332 e. The monoisotopic (exact) mass is 433 g/mol. The van der Waals surface area contributed by atoms with Crippen LogP contribution in [-0.4, -0.2) is 49.7 Å². The fourth-order valence-corrected chi connectivity index (χ4v) is 6.00. The summed E-state index contributed by atoms with van der Waals surface area (Å²) >= 11 is 1.12. The van der Waals surface area contributed by atoms with E-state index in [4.69, 9.17) is 0 Å². The van der Waals surface area contributed by atoms with Crippen molar-refractivity contribution >= 4 is 44.8 Å². The Morgan fingerprint density at radius 3 is 2.69 bits per heavy atom. The van der Waals surface area contributed by atoms with Gasteiger partial charge in [0.15, 0.2) is 5.78 Å². The SMILES string of the molecule is CC(=O)c1cccc(N2C(=O)C3CC(NS(=O)(=O)c4cccs4)CCN3C2=O)c1. The molecule has 3 amide bonds. The van der Waals surface area contributed by atoms with Gasteiger partial charge in [0.2, 0.25) is 10.0 Å². The zero-order valence-electron chi connectivity index (χ0n) is 15.6. The Labute approximate surface area is 172 Å². The second-order valence-corrected chi connectivity index (χ2v) is 9.94. The molecule has 8 nitrogen and oxygen atoms in total. The first-order valence-corrected chi connectivity index (χ1v) is 11.5. The first-order valence-electron chi connectivity index (χ1n) is 9.09. The number of hydrogen-bond donors (Lipinski definition) is 1. The number of sulfonamides is 1. The zero-order valence-corrected chi connectivity index (χ0v) is 17.2. The molecule has 2 unspecified atom stereocenters. The lowest BCUT2D eigenvalue weighted by molar-refractivity contribution is -0.120. The topological polar surface area (TPSA) is 104 Å². The molecule has 10 heteroatoms. The number of nitrogens with one attached hydrogen (secondary N) is 1. The van der Waals surface area contributed by atoms with Crippen LogP contribution in [0.2, 0.25) is 0 Å². The molecule has 4 rings (SSSR count). The minimum Gasteiger partial charge on any atom is -0.312 e. The highest BCUT2D eigenvalue weighted by molar-refractivity contribution is 7.91. The van der Waals surface area contributed by atoms with Crippen LogP contribution in [0.25, 0.3) is 0 Å². The summed E-state index contributed by atoms with van der Waals surface area (Å²) in [5.74, 6) is -0.567. The molecule has 1 aromatic carbocycles. The number of ketones is 1. The zero-order chi connectivity index (χ0) is 20.8. The van der Waals surface area contributed by atoms with Gasteiger partial charge in [0.25, 0.3) is 5.91 Å². The standard InChI is InChI=1S/C19H19N3O5S2/c1-12(23)13-4-2-5-15(10-13)22-18(24)16-11-14(7-8-21(16)19(22)25)20-29(26,27)17-6-3-9-28-17/h2-6,9-10,14,16,20H,7-8,11H2,1H3. The summed E-state index contributed by atoms with van der Waals surface area (Å²) in [7, 11) is -3.65. The van der Waals surface area contributed by atoms with Crippen LogP contribution < -0.4 is 9.62 Å². The van der Waals surface area contributed by atoms with E-state index >= 15 is 0 Å². The number of thiophene rings is 1. The number of anilines is 1. The molecule has 1 N–H and O–H groups in total. The molecular weight excluding hydrogens is 414 g/mol. The lowest BCUT2D eigenvalue weighted by Crippen LogP contribution is -2.49. The van der Waals surface area contributed by atoms with Gasteiger partial charge < -0.3 is 4.90 Å². The molecule has 2 atom stereocenters. The number of benzene rings is 1. The van der Waals surface area contributed by atoms with Crippen LogP contribution in [0.1, 0.15) is 30.1 Å². The van der Waals surface area contributed by atoms with E-state index in [2.05, 4.69) is 4.72 Å². The molecule has 1 aromatic heterocycles. The highest BCUT2D eigenvalue weighted by atomic mass is 32.2. The number of nitrogens with zero attached hydrogens (tertiary/aromatic N) is 2. The van der Waals surface area contributed by atoms with Crippen molar-refractivity contribution in [2.24, 2.45) is 0 Å². The van der Waals surface area contributed by atoms with Crippen LogP contribution >= 0.6 is 11.3 Å². The minimum atomic E-state index is -3.65. The van der Waals surface area contributed by atoms with E-state index in [1.165, 1.54) is 24.0 Å². The molecule has 2 aliphatic heterocycles. The molecule has 2 aromatic rings. The summed E-state index contributed by atoms with van der Waals surface area (Å²) in [5, 5.41) is 1.68. The number of fused-ring (bicyclic) bond motifs is 1. The van der Waals surface area contributed by atoms with Crippen molar-refractivity contribution in [3.8, 4) is 0 Å². The molecule has 152 valence electrons. The first-order chi connectivity index (χ1) is 13.8. The normalized spacial score (nSPS) is 22.1. The predicted octanol–water partition coefficient (Wildman–Crippen LogP) is 2.23. The summed E-state index contributed by atoms with van der Waals surface area (Å²) in [6.45, 7) is 1.69. The van der Waals surface area contributed by atoms with Crippen molar-refractivity contribution in [2.75, 3.05) is 11.4 Å². The maximum atomic E-state index is 13.0. The van der Waals surface area contributed by atoms with Gasteiger partial charge in [-0.05, 0) is 43.3 Å². The molecule has 0 aliphatic carbocycles. The number of piperidine rings is 1. The van der Waals surface area contributed by atoms with Gasteiger partial charge in [0, 0.05) is 18.2 Å². The number of carbonyl (C=O) groups is 3. The largest absolute Gasteiger partial charge is 0.332 e. The number of amides is 3. The Hall–Kier alpha value is -2.56. The summed E-state index contributed by atoms with van der Waals surface area (Å²) in [6.07, 6.45) is 0.625. The molecule has 29 heavy (non-hydrogen) atoms. The lowest BCUT2D eigenvalue weighted by atomic mass is 9.99. The van der Waals surface area contributed by atoms with Crippen LogP contribution in [0.5, 0.6) is 0 Å². The fraction of sp³-hybridized carbons (Fsp3) is 0.316. The van der Waals surface area contributed by atoms with Crippen LogP contribution in [0.15, 0.2) is 46.0 Å². The second-order valence-electron chi connectivity index (χ2n) is 7.05. The number of imide groups is 1. The Morgan fingerprint density at radius 2 is 2.00 bits per heavy atom. The average Bonchev–Trinajstić information content (AvgIpc) is 3.30. The van der Waals surface area contributed by atoms with Crippen LogP contribution in [-0.2, 0) is 14.8 Å². The molecule has 2 saturated heterocycles. The Balaban J connectivity index is 1.54. The number of hydrogen-bond acceptors (Lipinski definition) is 6. The molecule has 3 heterocycles. The predicted molar refractivity (Wildman–Crippen MR) is 107 cm³/mol. The quantitative estimate of drug-likeness (QED) is 0.575. The van der Waals surface area contributed by atoms with Gasteiger partial charge in [0.1, 0.15) is 10.3 Å². The summed E-state index contributed by atoms with van der Waals surface area (Å²) in [6, 6.07) is 7.95. The molecule has 0 radical (unpaired) electrons. The third kappa shape index (κ3) is 3.59. The van der Waals surface area contributed by atoms with Gasteiger partial charge in [0.05, 0.1) is 5.69 Å². The first kappa shape index (κ1) is 19.7. The Morgan fingerprint density at radius 1 is 1.21 bits per heavy atom. The van der Waals surface area contributed by atoms with Crippen molar-refractivity contribution in [1.82, 2.24) is 9.62 Å². The number of Topliss-reactive ketones (excluding diaryl/α,β-unsaturated/α-hetero) is 1. The molecular formula is C19H19N3O5S2. The van der Waals surface area contributed by atoms with E-state index in [0.29, 0.717) is 17.7 Å². The molecule has 0 saturated carbocycles. The van der Waals surface area contributed by atoms with Gasteiger partial charge in [-0.25, -0.2) is 22.8 Å².